The largest absolute Gasteiger partial charge is 0.273 e. The van der Waals surface area contributed by atoms with Crippen molar-refractivity contribution in [2.45, 2.75) is 13.3 Å². The third-order valence-electron chi connectivity index (χ3n) is 2.30. The van der Waals surface area contributed by atoms with Gasteiger partial charge in [-0.2, -0.15) is 10.5 Å². The molecule has 6 nitrogen and oxygen atoms in total. The molecule has 0 bridgehead atoms. The zero-order valence-electron chi connectivity index (χ0n) is 9.12. The minimum atomic E-state index is 0.101. The maximum Gasteiger partial charge on any atom is 0.177 e. The lowest BCUT2D eigenvalue weighted by Gasteiger charge is -2.03. The molecule has 2 heterocycles. The van der Waals surface area contributed by atoms with Crippen molar-refractivity contribution in [2.24, 2.45) is 0 Å². The Bertz CT molecular complexity index is 628. The average Bonchev–Trinajstić information content (AvgIpc) is 2.81. The van der Waals surface area contributed by atoms with E-state index < -0.39 is 0 Å². The van der Waals surface area contributed by atoms with Crippen molar-refractivity contribution in [3.05, 3.63) is 35.8 Å². The Balaban J connectivity index is 2.58. The molecule has 0 fully saturated rings. The van der Waals surface area contributed by atoms with E-state index in [9.17, 15) is 0 Å². The van der Waals surface area contributed by atoms with E-state index in [1.54, 1.807) is 6.07 Å². The summed E-state index contributed by atoms with van der Waals surface area (Å²) in [5.74, 6) is 0.544. The van der Waals surface area contributed by atoms with Gasteiger partial charge in [-0.25, -0.2) is 15.0 Å². The molecule has 17 heavy (non-hydrogen) atoms. The van der Waals surface area contributed by atoms with Crippen LogP contribution in [-0.4, -0.2) is 19.5 Å². The lowest BCUT2D eigenvalue weighted by atomic mass is 10.3. The zero-order valence-corrected chi connectivity index (χ0v) is 9.12. The Kier molecular flexibility index (Phi) is 2.80. The summed E-state index contributed by atoms with van der Waals surface area (Å²) in [6.45, 7) is 1.98. The highest BCUT2D eigenvalue weighted by atomic mass is 15.1. The SMILES string of the molecule is CCc1cc(-n2cnc(C#N)c2C#N)ncn1. The van der Waals surface area contributed by atoms with Gasteiger partial charge >= 0.3 is 0 Å². The van der Waals surface area contributed by atoms with Gasteiger partial charge in [-0.3, -0.25) is 4.57 Å². The maximum absolute atomic E-state index is 9.00. The van der Waals surface area contributed by atoms with Crippen molar-refractivity contribution in [3.8, 4) is 18.0 Å². The van der Waals surface area contributed by atoms with Gasteiger partial charge in [0.1, 0.15) is 30.6 Å². The molecule has 82 valence electrons. The summed E-state index contributed by atoms with van der Waals surface area (Å²) < 4.78 is 1.49. The smallest absolute Gasteiger partial charge is 0.177 e. The van der Waals surface area contributed by atoms with E-state index in [4.69, 9.17) is 10.5 Å². The fourth-order valence-corrected chi connectivity index (χ4v) is 1.42. The van der Waals surface area contributed by atoms with E-state index in [1.807, 2.05) is 19.1 Å². The molecule has 0 amide bonds. The quantitative estimate of drug-likeness (QED) is 0.757. The van der Waals surface area contributed by atoms with Crippen molar-refractivity contribution in [1.29, 1.82) is 10.5 Å². The van der Waals surface area contributed by atoms with Crippen molar-refractivity contribution >= 4 is 0 Å². The summed E-state index contributed by atoms with van der Waals surface area (Å²) in [7, 11) is 0. The van der Waals surface area contributed by atoms with Gasteiger partial charge in [0.05, 0.1) is 0 Å². The van der Waals surface area contributed by atoms with Gasteiger partial charge in [-0.15, -0.1) is 0 Å². The fraction of sp³-hybridized carbons (Fsp3) is 0.182. The average molecular weight is 224 g/mol. The predicted octanol–water partition coefficient (Wildman–Crippen LogP) is 0.968. The number of rotatable bonds is 2. The molecule has 0 aliphatic heterocycles. The minimum Gasteiger partial charge on any atom is -0.273 e. The van der Waals surface area contributed by atoms with Crippen LogP contribution in [-0.2, 0) is 6.42 Å². The van der Waals surface area contributed by atoms with Crippen molar-refractivity contribution in [2.75, 3.05) is 0 Å². The third kappa shape index (κ3) is 1.84. The maximum atomic E-state index is 9.00. The first-order valence-electron chi connectivity index (χ1n) is 4.99. The van der Waals surface area contributed by atoms with E-state index in [0.29, 0.717) is 5.82 Å². The molecule has 0 spiro atoms. The predicted molar refractivity (Wildman–Crippen MR) is 58.0 cm³/mol. The molecule has 2 aromatic heterocycles. The van der Waals surface area contributed by atoms with Gasteiger partial charge in [-0.1, -0.05) is 6.92 Å². The highest BCUT2D eigenvalue weighted by Crippen LogP contribution is 2.12. The van der Waals surface area contributed by atoms with Crippen LogP contribution in [0.25, 0.3) is 5.82 Å². The third-order valence-corrected chi connectivity index (χ3v) is 2.30. The topological polar surface area (TPSA) is 91.2 Å². The second-order valence-electron chi connectivity index (χ2n) is 3.26. The van der Waals surface area contributed by atoms with Crippen LogP contribution in [0.4, 0.5) is 0 Å². The van der Waals surface area contributed by atoms with E-state index in [1.165, 1.54) is 17.2 Å². The minimum absolute atomic E-state index is 0.101. The Hall–Kier alpha value is -2.73. The van der Waals surface area contributed by atoms with Gasteiger partial charge in [0.2, 0.25) is 0 Å². The molecule has 0 aliphatic carbocycles. The van der Waals surface area contributed by atoms with Crippen molar-refractivity contribution in [3.63, 3.8) is 0 Å². The van der Waals surface area contributed by atoms with Crippen LogP contribution in [0, 0.1) is 22.7 Å². The highest BCUT2D eigenvalue weighted by molar-refractivity contribution is 5.41. The fourth-order valence-electron chi connectivity index (χ4n) is 1.42. The molecule has 0 unspecified atom stereocenters. The number of imidazole rings is 1. The van der Waals surface area contributed by atoms with E-state index >= 15 is 0 Å². The normalized spacial score (nSPS) is 9.59. The van der Waals surface area contributed by atoms with Crippen molar-refractivity contribution < 1.29 is 0 Å². The van der Waals surface area contributed by atoms with Crippen LogP contribution in [0.5, 0.6) is 0 Å². The van der Waals surface area contributed by atoms with Gasteiger partial charge in [0, 0.05) is 11.8 Å². The molecule has 0 saturated heterocycles. The molecule has 0 saturated carbocycles. The summed E-state index contributed by atoms with van der Waals surface area (Å²) in [5, 5.41) is 17.8. The zero-order chi connectivity index (χ0) is 12.3. The number of hydrogen-bond donors (Lipinski definition) is 0. The van der Waals surface area contributed by atoms with E-state index in [2.05, 4.69) is 15.0 Å². The molecule has 0 aliphatic rings. The van der Waals surface area contributed by atoms with Gasteiger partial charge < -0.3 is 0 Å². The Morgan fingerprint density at radius 2 is 2.06 bits per heavy atom. The van der Waals surface area contributed by atoms with Crippen LogP contribution in [0.2, 0.25) is 0 Å². The summed E-state index contributed by atoms with van der Waals surface area (Å²) in [6, 6.07) is 5.58. The Labute approximate surface area is 97.8 Å². The van der Waals surface area contributed by atoms with Crippen LogP contribution in [0.1, 0.15) is 24.0 Å². The molecule has 0 radical (unpaired) electrons. The van der Waals surface area contributed by atoms with Crippen LogP contribution >= 0.6 is 0 Å². The molecule has 0 aromatic carbocycles. The number of aromatic nitrogens is 4. The number of nitriles is 2. The van der Waals surface area contributed by atoms with Crippen LogP contribution in [0.15, 0.2) is 18.7 Å². The molecular formula is C11H8N6. The second-order valence-corrected chi connectivity index (χ2v) is 3.26. The van der Waals surface area contributed by atoms with Crippen LogP contribution < -0.4 is 0 Å². The summed E-state index contributed by atoms with van der Waals surface area (Å²) in [5.41, 5.74) is 1.16. The highest BCUT2D eigenvalue weighted by Gasteiger charge is 2.12. The number of hydrogen-bond acceptors (Lipinski definition) is 5. The number of aryl methyl sites for hydroxylation is 1. The first-order valence-corrected chi connectivity index (χ1v) is 4.99. The van der Waals surface area contributed by atoms with Gasteiger partial charge in [0.15, 0.2) is 11.4 Å². The Morgan fingerprint density at radius 1 is 1.24 bits per heavy atom. The molecular weight excluding hydrogens is 216 g/mol. The lowest BCUT2D eigenvalue weighted by Crippen LogP contribution is -2.01. The second kappa shape index (κ2) is 4.42. The Morgan fingerprint density at radius 3 is 2.71 bits per heavy atom. The first kappa shape index (κ1) is 10.8. The molecule has 2 rings (SSSR count). The summed E-state index contributed by atoms with van der Waals surface area (Å²) in [4.78, 5) is 12.0. The van der Waals surface area contributed by atoms with Crippen LogP contribution in [0.3, 0.4) is 0 Å². The van der Waals surface area contributed by atoms with E-state index in [-0.39, 0.29) is 11.4 Å². The standard InChI is InChI=1S/C11H8N6/c1-2-8-3-11(15-6-14-8)17-7-16-9(4-12)10(17)5-13/h3,6-7H,2H2,1H3. The van der Waals surface area contributed by atoms with Crippen molar-refractivity contribution in [1.82, 2.24) is 19.5 Å². The first-order chi connectivity index (χ1) is 8.30. The lowest BCUT2D eigenvalue weighted by molar-refractivity contribution is 0.919. The molecule has 0 atom stereocenters. The van der Waals surface area contributed by atoms with E-state index in [0.717, 1.165) is 12.1 Å². The molecule has 0 N–H and O–H groups in total. The molecule has 6 heteroatoms. The summed E-state index contributed by atoms with van der Waals surface area (Å²) >= 11 is 0. The van der Waals surface area contributed by atoms with Gasteiger partial charge in [-0.05, 0) is 6.42 Å². The molecule has 2 aromatic rings. The number of nitrogens with zero attached hydrogens (tertiary/aromatic N) is 6. The van der Waals surface area contributed by atoms with Gasteiger partial charge in [0.25, 0.3) is 0 Å². The summed E-state index contributed by atoms with van der Waals surface area (Å²) in [6.07, 6.45) is 3.62. The monoisotopic (exact) mass is 224 g/mol.